The highest BCUT2D eigenvalue weighted by molar-refractivity contribution is 5.78. The first kappa shape index (κ1) is 11.5. The van der Waals surface area contributed by atoms with Gasteiger partial charge in [-0.3, -0.25) is 4.79 Å². The smallest absolute Gasteiger partial charge is 0.223 e. The lowest BCUT2D eigenvalue weighted by Gasteiger charge is -2.16. The number of carbonyl (C=O) groups excluding carboxylic acids is 1. The fourth-order valence-corrected chi connectivity index (χ4v) is 1.70. The average molecular weight is 200 g/mol. The lowest BCUT2D eigenvalue weighted by Crippen LogP contribution is -2.29. The van der Waals surface area contributed by atoms with Crippen LogP contribution >= 0.6 is 0 Å². The van der Waals surface area contributed by atoms with Gasteiger partial charge in [0, 0.05) is 26.1 Å². The van der Waals surface area contributed by atoms with E-state index >= 15 is 0 Å². The monoisotopic (exact) mass is 200 g/mol. The molecule has 1 fully saturated rings. The Labute approximate surface area is 85.4 Å². The maximum atomic E-state index is 11.5. The molecule has 0 spiro atoms. The number of amides is 1. The molecule has 4 heteroatoms. The van der Waals surface area contributed by atoms with Crippen molar-refractivity contribution in [2.75, 3.05) is 32.8 Å². The second-order valence-electron chi connectivity index (χ2n) is 3.72. The molecule has 0 bridgehead atoms. The van der Waals surface area contributed by atoms with Crippen molar-refractivity contribution in [2.45, 2.75) is 19.8 Å². The lowest BCUT2D eigenvalue weighted by atomic mass is 10.1. The van der Waals surface area contributed by atoms with E-state index < -0.39 is 0 Å². The number of likely N-dealkylation sites (tertiary alicyclic amines) is 1. The van der Waals surface area contributed by atoms with Gasteiger partial charge in [-0.2, -0.15) is 0 Å². The van der Waals surface area contributed by atoms with Crippen LogP contribution in [-0.2, 0) is 9.53 Å². The normalized spacial score (nSPS) is 22.0. The Hall–Kier alpha value is -0.610. The molecule has 14 heavy (non-hydrogen) atoms. The van der Waals surface area contributed by atoms with E-state index in [1.54, 1.807) is 0 Å². The van der Waals surface area contributed by atoms with Crippen molar-refractivity contribution in [1.29, 1.82) is 0 Å². The highest BCUT2D eigenvalue weighted by atomic mass is 16.5. The molecule has 1 aliphatic heterocycles. The van der Waals surface area contributed by atoms with Crippen LogP contribution in [0.5, 0.6) is 0 Å². The van der Waals surface area contributed by atoms with Gasteiger partial charge in [0.15, 0.2) is 0 Å². The van der Waals surface area contributed by atoms with Gasteiger partial charge < -0.3 is 15.4 Å². The topological polar surface area (TPSA) is 55.6 Å². The van der Waals surface area contributed by atoms with E-state index in [1.807, 2.05) is 4.90 Å². The summed E-state index contributed by atoms with van der Waals surface area (Å²) in [6.45, 7) is 5.49. The number of nitrogens with two attached hydrogens (primary N) is 1. The SMILES string of the molecule is CCC1CC(=O)N(CCOCCN)C1. The van der Waals surface area contributed by atoms with Gasteiger partial charge in [-0.05, 0) is 5.92 Å². The molecule has 1 rings (SSSR count). The highest BCUT2D eigenvalue weighted by Crippen LogP contribution is 2.19. The van der Waals surface area contributed by atoms with Gasteiger partial charge in [-0.15, -0.1) is 0 Å². The van der Waals surface area contributed by atoms with E-state index in [9.17, 15) is 4.79 Å². The minimum absolute atomic E-state index is 0.271. The molecule has 1 unspecified atom stereocenters. The number of hydrogen-bond acceptors (Lipinski definition) is 3. The Morgan fingerprint density at radius 1 is 1.57 bits per heavy atom. The van der Waals surface area contributed by atoms with Crippen molar-refractivity contribution in [3.63, 3.8) is 0 Å². The van der Waals surface area contributed by atoms with Crippen LogP contribution in [0.1, 0.15) is 19.8 Å². The fraction of sp³-hybridized carbons (Fsp3) is 0.900. The summed E-state index contributed by atoms with van der Waals surface area (Å²) in [6.07, 6.45) is 1.80. The van der Waals surface area contributed by atoms with Gasteiger partial charge in [-0.1, -0.05) is 13.3 Å². The predicted octanol–water partition coefficient (Wildman–Crippen LogP) is 0.220. The van der Waals surface area contributed by atoms with Crippen LogP contribution in [0.3, 0.4) is 0 Å². The van der Waals surface area contributed by atoms with Gasteiger partial charge in [0.25, 0.3) is 0 Å². The van der Waals surface area contributed by atoms with Crippen LogP contribution in [0.2, 0.25) is 0 Å². The first-order valence-electron chi connectivity index (χ1n) is 5.33. The maximum Gasteiger partial charge on any atom is 0.223 e. The molecule has 0 aromatic rings. The van der Waals surface area contributed by atoms with Gasteiger partial charge >= 0.3 is 0 Å². The van der Waals surface area contributed by atoms with Crippen molar-refractivity contribution in [3.05, 3.63) is 0 Å². The molecule has 0 saturated carbocycles. The van der Waals surface area contributed by atoms with E-state index in [0.29, 0.717) is 32.1 Å². The minimum Gasteiger partial charge on any atom is -0.378 e. The molecule has 1 heterocycles. The summed E-state index contributed by atoms with van der Waals surface area (Å²) in [5, 5.41) is 0. The van der Waals surface area contributed by atoms with Crippen LogP contribution in [0, 0.1) is 5.92 Å². The van der Waals surface area contributed by atoms with E-state index in [2.05, 4.69) is 6.92 Å². The average Bonchev–Trinajstić information content (AvgIpc) is 2.54. The van der Waals surface area contributed by atoms with E-state index in [1.165, 1.54) is 0 Å². The summed E-state index contributed by atoms with van der Waals surface area (Å²) in [5.74, 6) is 0.824. The van der Waals surface area contributed by atoms with Crippen LogP contribution < -0.4 is 5.73 Å². The summed E-state index contributed by atoms with van der Waals surface area (Å²) >= 11 is 0. The van der Waals surface area contributed by atoms with Crippen molar-refractivity contribution in [3.8, 4) is 0 Å². The zero-order valence-corrected chi connectivity index (χ0v) is 8.87. The van der Waals surface area contributed by atoms with Gasteiger partial charge in [0.1, 0.15) is 0 Å². The van der Waals surface area contributed by atoms with Gasteiger partial charge in [0.05, 0.1) is 13.2 Å². The predicted molar refractivity (Wildman–Crippen MR) is 54.9 cm³/mol. The summed E-state index contributed by atoms with van der Waals surface area (Å²) in [5.41, 5.74) is 5.29. The minimum atomic E-state index is 0.271. The number of rotatable bonds is 6. The van der Waals surface area contributed by atoms with E-state index in [0.717, 1.165) is 19.5 Å². The molecule has 0 radical (unpaired) electrons. The van der Waals surface area contributed by atoms with Crippen LogP contribution in [-0.4, -0.2) is 43.7 Å². The molecule has 1 saturated heterocycles. The van der Waals surface area contributed by atoms with Crippen molar-refractivity contribution >= 4 is 5.91 Å². The van der Waals surface area contributed by atoms with Crippen molar-refractivity contribution in [2.24, 2.45) is 11.7 Å². The number of carbonyl (C=O) groups is 1. The fourth-order valence-electron chi connectivity index (χ4n) is 1.70. The first-order valence-corrected chi connectivity index (χ1v) is 5.33. The Morgan fingerprint density at radius 2 is 2.36 bits per heavy atom. The number of ether oxygens (including phenoxy) is 1. The van der Waals surface area contributed by atoms with Crippen LogP contribution in [0.25, 0.3) is 0 Å². The zero-order valence-electron chi connectivity index (χ0n) is 8.87. The summed E-state index contributed by atoms with van der Waals surface area (Å²) < 4.78 is 5.24. The third-order valence-corrected chi connectivity index (χ3v) is 2.64. The van der Waals surface area contributed by atoms with Crippen LogP contribution in [0.15, 0.2) is 0 Å². The van der Waals surface area contributed by atoms with Crippen LogP contribution in [0.4, 0.5) is 0 Å². The molecule has 1 aliphatic rings. The zero-order chi connectivity index (χ0) is 10.4. The highest BCUT2D eigenvalue weighted by Gasteiger charge is 2.27. The molecule has 2 N–H and O–H groups in total. The standard InChI is InChI=1S/C10H20N2O2/c1-2-9-7-10(13)12(8-9)4-6-14-5-3-11/h9H,2-8,11H2,1H3. The molecule has 1 amide bonds. The third kappa shape index (κ3) is 3.27. The Balaban J connectivity index is 2.15. The van der Waals surface area contributed by atoms with E-state index in [4.69, 9.17) is 10.5 Å². The molecule has 0 aromatic heterocycles. The molecule has 1 atom stereocenters. The Bertz CT molecular complexity index is 185. The van der Waals surface area contributed by atoms with Crippen molar-refractivity contribution in [1.82, 2.24) is 4.90 Å². The molecule has 4 nitrogen and oxygen atoms in total. The first-order chi connectivity index (χ1) is 6.77. The third-order valence-electron chi connectivity index (χ3n) is 2.64. The second kappa shape index (κ2) is 5.98. The maximum absolute atomic E-state index is 11.5. The molecule has 82 valence electrons. The summed E-state index contributed by atoms with van der Waals surface area (Å²) in [6, 6.07) is 0. The van der Waals surface area contributed by atoms with Gasteiger partial charge in [-0.25, -0.2) is 0 Å². The molecule has 0 aromatic carbocycles. The Kier molecular flexibility index (Phi) is 4.90. The Morgan fingerprint density at radius 3 is 2.93 bits per heavy atom. The van der Waals surface area contributed by atoms with E-state index in [-0.39, 0.29) is 5.91 Å². The number of nitrogens with zero attached hydrogens (tertiary/aromatic N) is 1. The molecule has 0 aliphatic carbocycles. The number of hydrogen-bond donors (Lipinski definition) is 1. The molecular weight excluding hydrogens is 180 g/mol. The largest absolute Gasteiger partial charge is 0.378 e. The lowest BCUT2D eigenvalue weighted by molar-refractivity contribution is -0.128. The van der Waals surface area contributed by atoms with Crippen molar-refractivity contribution < 1.29 is 9.53 Å². The summed E-state index contributed by atoms with van der Waals surface area (Å²) in [7, 11) is 0. The summed E-state index contributed by atoms with van der Waals surface area (Å²) in [4.78, 5) is 13.3. The van der Waals surface area contributed by atoms with Gasteiger partial charge in [0.2, 0.25) is 5.91 Å². The quantitative estimate of drug-likeness (QED) is 0.624. The second-order valence-corrected chi connectivity index (χ2v) is 3.72. The molecular formula is C10H20N2O2.